The summed E-state index contributed by atoms with van der Waals surface area (Å²) in [6, 6.07) is 17.9. The number of nitrogens with one attached hydrogen (secondary N) is 1. The van der Waals surface area contributed by atoms with Crippen LogP contribution in [0.3, 0.4) is 0 Å². The second kappa shape index (κ2) is 8.37. The van der Waals surface area contributed by atoms with Gasteiger partial charge in [-0.15, -0.1) is 0 Å². The molecular formula is C22H27NO3. The number of para-hydroxylation sites is 1. The third-order valence-electron chi connectivity index (χ3n) is 5.07. The molecule has 1 amide bonds. The molecule has 1 heterocycles. The molecule has 1 saturated heterocycles. The van der Waals surface area contributed by atoms with Crippen molar-refractivity contribution in [1.82, 2.24) is 5.32 Å². The monoisotopic (exact) mass is 353 g/mol. The number of aryl methyl sites for hydroxylation is 1. The Morgan fingerprint density at radius 1 is 1.12 bits per heavy atom. The Hall–Kier alpha value is -2.33. The third kappa shape index (κ3) is 4.07. The molecule has 0 bridgehead atoms. The van der Waals surface area contributed by atoms with E-state index in [-0.39, 0.29) is 11.9 Å². The number of amides is 1. The largest absolute Gasteiger partial charge is 0.491 e. The minimum Gasteiger partial charge on any atom is -0.491 e. The molecule has 2 aromatic rings. The Morgan fingerprint density at radius 3 is 2.46 bits per heavy atom. The molecule has 0 saturated carbocycles. The fraction of sp³-hybridized carbons (Fsp3) is 0.409. The third-order valence-corrected chi connectivity index (χ3v) is 5.07. The first-order valence-electron chi connectivity index (χ1n) is 9.24. The molecule has 138 valence electrons. The maximum absolute atomic E-state index is 13.2. The summed E-state index contributed by atoms with van der Waals surface area (Å²) in [5.41, 5.74) is 1.64. The van der Waals surface area contributed by atoms with Crippen LogP contribution in [0.5, 0.6) is 5.75 Å². The minimum atomic E-state index is -0.517. The number of rotatable bonds is 6. The van der Waals surface area contributed by atoms with E-state index in [1.165, 1.54) is 0 Å². The van der Waals surface area contributed by atoms with Crippen LogP contribution >= 0.6 is 0 Å². The summed E-state index contributed by atoms with van der Waals surface area (Å²) >= 11 is 0. The van der Waals surface area contributed by atoms with E-state index in [9.17, 15) is 4.79 Å². The van der Waals surface area contributed by atoms with Crippen molar-refractivity contribution >= 4 is 5.91 Å². The highest BCUT2D eigenvalue weighted by Crippen LogP contribution is 2.35. The van der Waals surface area contributed by atoms with Gasteiger partial charge in [-0.05, 0) is 43.9 Å². The van der Waals surface area contributed by atoms with Crippen molar-refractivity contribution in [3.63, 3.8) is 0 Å². The van der Waals surface area contributed by atoms with Crippen molar-refractivity contribution in [3.8, 4) is 5.75 Å². The molecular weight excluding hydrogens is 326 g/mol. The second-order valence-corrected chi connectivity index (χ2v) is 7.01. The molecule has 0 radical (unpaired) electrons. The zero-order valence-electron chi connectivity index (χ0n) is 15.5. The molecule has 0 aliphatic carbocycles. The van der Waals surface area contributed by atoms with Crippen LogP contribution in [0.25, 0.3) is 0 Å². The van der Waals surface area contributed by atoms with E-state index < -0.39 is 5.41 Å². The van der Waals surface area contributed by atoms with E-state index in [1.54, 1.807) is 0 Å². The highest BCUT2D eigenvalue weighted by Gasteiger charge is 2.41. The van der Waals surface area contributed by atoms with Crippen LogP contribution in [0.2, 0.25) is 0 Å². The van der Waals surface area contributed by atoms with Gasteiger partial charge >= 0.3 is 0 Å². The summed E-state index contributed by atoms with van der Waals surface area (Å²) in [6.45, 7) is 5.66. The summed E-state index contributed by atoms with van der Waals surface area (Å²) in [7, 11) is 0. The first kappa shape index (κ1) is 18.5. The number of hydrogen-bond donors (Lipinski definition) is 1. The van der Waals surface area contributed by atoms with Crippen LogP contribution in [0.1, 0.15) is 30.9 Å². The molecule has 0 aromatic heterocycles. The maximum Gasteiger partial charge on any atom is 0.231 e. The van der Waals surface area contributed by atoms with Crippen LogP contribution in [-0.4, -0.2) is 31.8 Å². The second-order valence-electron chi connectivity index (χ2n) is 7.01. The summed E-state index contributed by atoms with van der Waals surface area (Å²) in [6.07, 6.45) is 1.41. The van der Waals surface area contributed by atoms with Crippen LogP contribution in [0, 0.1) is 6.92 Å². The number of carbonyl (C=O) groups is 1. The number of hydrogen-bond acceptors (Lipinski definition) is 3. The molecule has 1 atom stereocenters. The number of ether oxygens (including phenoxy) is 2. The molecule has 4 heteroatoms. The van der Waals surface area contributed by atoms with Gasteiger partial charge in [0.1, 0.15) is 12.4 Å². The lowest BCUT2D eigenvalue weighted by atomic mass is 9.73. The number of benzene rings is 2. The van der Waals surface area contributed by atoms with Crippen molar-refractivity contribution < 1.29 is 14.3 Å². The molecule has 1 fully saturated rings. The highest BCUT2D eigenvalue weighted by atomic mass is 16.5. The molecule has 3 rings (SSSR count). The maximum atomic E-state index is 13.2. The van der Waals surface area contributed by atoms with Gasteiger partial charge in [0, 0.05) is 13.2 Å². The van der Waals surface area contributed by atoms with Crippen molar-refractivity contribution in [2.75, 3.05) is 19.8 Å². The molecule has 1 N–H and O–H groups in total. The Balaban J connectivity index is 1.67. The van der Waals surface area contributed by atoms with E-state index in [1.807, 2.05) is 68.4 Å². The van der Waals surface area contributed by atoms with Gasteiger partial charge in [-0.1, -0.05) is 48.5 Å². The molecule has 2 aromatic carbocycles. The van der Waals surface area contributed by atoms with Crippen LogP contribution < -0.4 is 10.1 Å². The van der Waals surface area contributed by atoms with E-state index in [4.69, 9.17) is 9.47 Å². The molecule has 4 nitrogen and oxygen atoms in total. The average molecular weight is 353 g/mol. The Bertz CT molecular complexity index is 723. The quantitative estimate of drug-likeness (QED) is 0.863. The summed E-state index contributed by atoms with van der Waals surface area (Å²) in [4.78, 5) is 13.2. The van der Waals surface area contributed by atoms with Gasteiger partial charge in [0.05, 0.1) is 11.5 Å². The Morgan fingerprint density at radius 2 is 1.77 bits per heavy atom. The first-order chi connectivity index (χ1) is 12.6. The number of carbonyl (C=O) groups excluding carboxylic acids is 1. The van der Waals surface area contributed by atoms with E-state index in [2.05, 4.69) is 5.32 Å². The summed E-state index contributed by atoms with van der Waals surface area (Å²) in [5.74, 6) is 0.922. The molecule has 1 aliphatic rings. The van der Waals surface area contributed by atoms with E-state index in [0.29, 0.717) is 32.7 Å². The standard InChI is InChI=1S/C22H27NO3/c1-17-8-6-7-11-20(17)26-16-18(2)23-21(24)22(12-14-25-15-13-22)19-9-4-3-5-10-19/h3-11,18H,12-16H2,1-2H3,(H,23,24). The summed E-state index contributed by atoms with van der Waals surface area (Å²) < 4.78 is 11.4. The zero-order chi connectivity index (χ0) is 18.4. The van der Waals surface area contributed by atoms with Crippen LogP contribution in [0.15, 0.2) is 54.6 Å². The van der Waals surface area contributed by atoms with Gasteiger partial charge in [-0.2, -0.15) is 0 Å². The van der Waals surface area contributed by atoms with Gasteiger partial charge < -0.3 is 14.8 Å². The fourth-order valence-corrected chi connectivity index (χ4v) is 3.46. The zero-order valence-corrected chi connectivity index (χ0v) is 15.5. The van der Waals surface area contributed by atoms with Crippen LogP contribution in [-0.2, 0) is 14.9 Å². The van der Waals surface area contributed by atoms with Gasteiger partial charge in [0.15, 0.2) is 0 Å². The lowest BCUT2D eigenvalue weighted by Crippen LogP contribution is -2.51. The summed E-state index contributed by atoms with van der Waals surface area (Å²) in [5, 5.41) is 3.16. The topological polar surface area (TPSA) is 47.6 Å². The Labute approximate surface area is 155 Å². The van der Waals surface area contributed by atoms with Gasteiger partial charge in [-0.25, -0.2) is 0 Å². The van der Waals surface area contributed by atoms with Crippen LogP contribution in [0.4, 0.5) is 0 Å². The minimum absolute atomic E-state index is 0.0629. The smallest absolute Gasteiger partial charge is 0.231 e. The first-order valence-corrected chi connectivity index (χ1v) is 9.24. The molecule has 0 spiro atoms. The normalized spacial score (nSPS) is 17.3. The van der Waals surface area contributed by atoms with Crippen molar-refractivity contribution in [2.45, 2.75) is 38.1 Å². The molecule has 1 aliphatic heterocycles. The van der Waals surface area contributed by atoms with Crippen molar-refractivity contribution in [3.05, 3.63) is 65.7 Å². The van der Waals surface area contributed by atoms with Crippen molar-refractivity contribution in [2.24, 2.45) is 0 Å². The van der Waals surface area contributed by atoms with Gasteiger partial charge in [-0.3, -0.25) is 4.79 Å². The molecule has 26 heavy (non-hydrogen) atoms. The lowest BCUT2D eigenvalue weighted by Gasteiger charge is -2.37. The average Bonchev–Trinajstić information content (AvgIpc) is 2.68. The van der Waals surface area contributed by atoms with E-state index >= 15 is 0 Å². The van der Waals surface area contributed by atoms with Gasteiger partial charge in [0.2, 0.25) is 5.91 Å². The molecule has 1 unspecified atom stereocenters. The predicted octanol–water partition coefficient (Wildman–Crippen LogP) is 3.63. The lowest BCUT2D eigenvalue weighted by molar-refractivity contribution is -0.131. The highest BCUT2D eigenvalue weighted by molar-refractivity contribution is 5.88. The van der Waals surface area contributed by atoms with Crippen molar-refractivity contribution in [1.29, 1.82) is 0 Å². The van der Waals surface area contributed by atoms with Gasteiger partial charge in [0.25, 0.3) is 0 Å². The Kier molecular flexibility index (Phi) is 5.94. The van der Waals surface area contributed by atoms with E-state index in [0.717, 1.165) is 16.9 Å². The fourth-order valence-electron chi connectivity index (χ4n) is 3.46. The predicted molar refractivity (Wildman–Crippen MR) is 102 cm³/mol. The SMILES string of the molecule is Cc1ccccc1OCC(C)NC(=O)C1(c2ccccc2)CCOCC1.